The van der Waals surface area contributed by atoms with Crippen molar-refractivity contribution in [2.24, 2.45) is 0 Å². The summed E-state index contributed by atoms with van der Waals surface area (Å²) in [6.07, 6.45) is 1.83. The number of ether oxygens (including phenoxy) is 1. The zero-order valence-electron chi connectivity index (χ0n) is 16.8. The van der Waals surface area contributed by atoms with Crippen LogP contribution in [0.15, 0.2) is 71.4 Å². The molecule has 1 aromatic carbocycles. The van der Waals surface area contributed by atoms with Gasteiger partial charge in [0.25, 0.3) is 0 Å². The van der Waals surface area contributed by atoms with Crippen LogP contribution in [0.5, 0.6) is 5.75 Å². The first-order valence-electron chi connectivity index (χ1n) is 9.51. The quantitative estimate of drug-likeness (QED) is 0.383. The number of rotatable bonds is 6. The van der Waals surface area contributed by atoms with E-state index in [1.54, 1.807) is 30.6 Å². The molecule has 6 nitrogen and oxygen atoms in total. The van der Waals surface area contributed by atoms with Crippen LogP contribution in [0.3, 0.4) is 0 Å². The van der Waals surface area contributed by atoms with Crippen LogP contribution in [0.1, 0.15) is 17.0 Å². The minimum Gasteiger partial charge on any atom is -0.435 e. The van der Waals surface area contributed by atoms with Crippen molar-refractivity contribution in [3.8, 4) is 17.2 Å². The van der Waals surface area contributed by atoms with E-state index >= 15 is 0 Å². The van der Waals surface area contributed by atoms with Gasteiger partial charge < -0.3 is 14.5 Å². The molecule has 9 heteroatoms. The molecule has 32 heavy (non-hydrogen) atoms. The van der Waals surface area contributed by atoms with Crippen molar-refractivity contribution in [2.45, 2.75) is 13.3 Å². The summed E-state index contributed by atoms with van der Waals surface area (Å²) in [5.41, 5.74) is 2.32. The average molecular weight is 438 g/mol. The van der Waals surface area contributed by atoms with Crippen molar-refractivity contribution >= 4 is 23.8 Å². The van der Waals surface area contributed by atoms with Crippen molar-refractivity contribution < 1.29 is 22.3 Å². The average Bonchev–Trinajstić information content (AvgIpc) is 3.22. The molecule has 0 unspecified atom stereocenters. The number of aryl methyl sites for hydroxylation is 1. The molecule has 0 spiro atoms. The molecule has 1 N–H and O–H groups in total. The van der Waals surface area contributed by atoms with E-state index in [2.05, 4.69) is 25.0 Å². The van der Waals surface area contributed by atoms with E-state index in [9.17, 15) is 13.2 Å². The predicted molar refractivity (Wildman–Crippen MR) is 114 cm³/mol. The number of hydrogen-bond acceptors (Lipinski definition) is 6. The van der Waals surface area contributed by atoms with Crippen LogP contribution in [-0.2, 0) is 0 Å². The number of nitrogens with one attached hydrogen (secondary N) is 1. The summed E-state index contributed by atoms with van der Waals surface area (Å²) in [7, 11) is 0. The Bertz CT molecular complexity index is 1230. The second-order valence-corrected chi connectivity index (χ2v) is 6.76. The monoisotopic (exact) mass is 438 g/mol. The lowest BCUT2D eigenvalue weighted by atomic mass is 10.2. The van der Waals surface area contributed by atoms with Gasteiger partial charge in [0.2, 0.25) is 5.89 Å². The molecular weight excluding hydrogens is 421 g/mol. The van der Waals surface area contributed by atoms with Crippen molar-refractivity contribution in [3.63, 3.8) is 0 Å². The molecule has 4 aromatic rings. The van der Waals surface area contributed by atoms with E-state index in [-0.39, 0.29) is 5.75 Å². The summed E-state index contributed by atoms with van der Waals surface area (Å²) in [6.45, 7) is 1.98. The standard InChI is InChI=1S/C23H17F3N4O2/c1-15-11-12-27-21(13-15)30-20-4-2-3-18(29-20)19-14-28-22(31-19)10-7-16-5-8-17(9-6-16)32-23(24,25)26/h2-14H,1H3,(H,27,29,30)/b10-7+. The summed E-state index contributed by atoms with van der Waals surface area (Å²) in [5.74, 6) is 1.81. The number of anilines is 2. The normalized spacial score (nSPS) is 11.6. The summed E-state index contributed by atoms with van der Waals surface area (Å²) < 4.78 is 46.3. The van der Waals surface area contributed by atoms with Gasteiger partial charge in [-0.2, -0.15) is 0 Å². The molecule has 0 aliphatic carbocycles. The van der Waals surface area contributed by atoms with Crippen LogP contribution in [0.4, 0.5) is 24.8 Å². The van der Waals surface area contributed by atoms with Gasteiger partial charge in [0.05, 0.1) is 6.20 Å². The molecule has 0 atom stereocenters. The first kappa shape index (κ1) is 21.1. The highest BCUT2D eigenvalue weighted by Gasteiger charge is 2.30. The van der Waals surface area contributed by atoms with E-state index in [1.165, 1.54) is 24.3 Å². The molecule has 3 heterocycles. The predicted octanol–water partition coefficient (Wildman–Crippen LogP) is 6.25. The first-order valence-corrected chi connectivity index (χ1v) is 9.51. The minimum atomic E-state index is -4.72. The van der Waals surface area contributed by atoms with Gasteiger partial charge in [-0.15, -0.1) is 13.2 Å². The molecule has 0 aliphatic rings. The van der Waals surface area contributed by atoms with E-state index < -0.39 is 6.36 Å². The van der Waals surface area contributed by atoms with Crippen LogP contribution in [0.25, 0.3) is 23.6 Å². The van der Waals surface area contributed by atoms with Gasteiger partial charge in [-0.1, -0.05) is 18.2 Å². The maximum atomic E-state index is 12.2. The van der Waals surface area contributed by atoms with Crippen molar-refractivity contribution in [2.75, 3.05) is 5.32 Å². The number of oxazole rings is 1. The second-order valence-electron chi connectivity index (χ2n) is 6.76. The van der Waals surface area contributed by atoms with E-state index in [4.69, 9.17) is 4.42 Å². The molecule has 0 saturated heterocycles. The van der Waals surface area contributed by atoms with Gasteiger partial charge in [-0.25, -0.2) is 15.0 Å². The third-order valence-electron chi connectivity index (χ3n) is 4.23. The molecule has 0 aliphatic heterocycles. The molecule has 3 aromatic heterocycles. The fraction of sp³-hybridized carbons (Fsp3) is 0.0870. The zero-order chi connectivity index (χ0) is 22.6. The Labute approximate surface area is 181 Å². The van der Waals surface area contributed by atoms with Gasteiger partial charge in [0, 0.05) is 12.3 Å². The molecule has 0 radical (unpaired) electrons. The maximum absolute atomic E-state index is 12.2. The van der Waals surface area contributed by atoms with Crippen LogP contribution < -0.4 is 10.1 Å². The maximum Gasteiger partial charge on any atom is 0.573 e. The summed E-state index contributed by atoms with van der Waals surface area (Å²) in [4.78, 5) is 13.0. The molecule has 0 fully saturated rings. The number of halogens is 3. The molecular formula is C23H17F3N4O2. The molecule has 0 saturated carbocycles. The molecule has 0 bridgehead atoms. The van der Waals surface area contributed by atoms with Gasteiger partial charge in [-0.3, -0.25) is 0 Å². The summed E-state index contributed by atoms with van der Waals surface area (Å²) in [5, 5.41) is 3.15. The van der Waals surface area contributed by atoms with E-state index in [0.29, 0.717) is 34.5 Å². The van der Waals surface area contributed by atoms with Gasteiger partial charge in [0.1, 0.15) is 23.1 Å². The lowest BCUT2D eigenvalue weighted by Gasteiger charge is -2.08. The lowest BCUT2D eigenvalue weighted by Crippen LogP contribution is -2.16. The number of nitrogens with zero attached hydrogens (tertiary/aromatic N) is 3. The van der Waals surface area contributed by atoms with Crippen molar-refractivity contribution in [3.05, 3.63) is 84.0 Å². The van der Waals surface area contributed by atoms with Crippen LogP contribution in [0.2, 0.25) is 0 Å². The Balaban J connectivity index is 1.44. The fourth-order valence-corrected chi connectivity index (χ4v) is 2.81. The highest BCUT2D eigenvalue weighted by Crippen LogP contribution is 2.24. The smallest absolute Gasteiger partial charge is 0.435 e. The zero-order valence-corrected chi connectivity index (χ0v) is 16.8. The van der Waals surface area contributed by atoms with Crippen molar-refractivity contribution in [1.29, 1.82) is 0 Å². The SMILES string of the molecule is Cc1ccnc(Nc2cccc(-c3cnc(/C=C/c4ccc(OC(F)(F)F)cc4)o3)n2)c1. The van der Waals surface area contributed by atoms with Gasteiger partial charge in [-0.05, 0) is 60.5 Å². The molecule has 162 valence electrons. The van der Waals surface area contributed by atoms with E-state index in [1.807, 2.05) is 31.2 Å². The molecule has 4 rings (SSSR count). The second kappa shape index (κ2) is 8.93. The number of pyridine rings is 2. The Morgan fingerprint density at radius 3 is 2.53 bits per heavy atom. The van der Waals surface area contributed by atoms with Crippen molar-refractivity contribution in [1.82, 2.24) is 15.0 Å². The van der Waals surface area contributed by atoms with Gasteiger partial charge in [0.15, 0.2) is 5.76 Å². The third-order valence-corrected chi connectivity index (χ3v) is 4.23. The van der Waals surface area contributed by atoms with Crippen LogP contribution in [-0.4, -0.2) is 21.3 Å². The lowest BCUT2D eigenvalue weighted by molar-refractivity contribution is -0.274. The van der Waals surface area contributed by atoms with Crippen LogP contribution in [0, 0.1) is 6.92 Å². The van der Waals surface area contributed by atoms with Gasteiger partial charge >= 0.3 is 6.36 Å². The number of hydrogen-bond donors (Lipinski definition) is 1. The topological polar surface area (TPSA) is 73.1 Å². The largest absolute Gasteiger partial charge is 0.573 e. The third kappa shape index (κ3) is 5.72. The fourth-order valence-electron chi connectivity index (χ4n) is 2.81. The Morgan fingerprint density at radius 2 is 1.78 bits per heavy atom. The Hall–Kier alpha value is -4.14. The minimum absolute atomic E-state index is 0.284. The Morgan fingerprint density at radius 1 is 0.969 bits per heavy atom. The summed E-state index contributed by atoms with van der Waals surface area (Å²) >= 11 is 0. The highest BCUT2D eigenvalue weighted by atomic mass is 19.4. The van der Waals surface area contributed by atoms with Crippen LogP contribution >= 0.6 is 0 Å². The first-order chi connectivity index (χ1) is 15.3. The summed E-state index contributed by atoms with van der Waals surface area (Å²) in [6, 6.07) is 14.7. The number of benzene rings is 1. The number of alkyl halides is 3. The van der Waals surface area contributed by atoms with E-state index in [0.717, 1.165) is 5.56 Å². The highest BCUT2D eigenvalue weighted by molar-refractivity contribution is 5.67. The molecule has 0 amide bonds. The number of aromatic nitrogens is 3. The Kier molecular flexibility index (Phi) is 5.89.